The molecule has 0 aromatic carbocycles. The van der Waals surface area contributed by atoms with Crippen LogP contribution in [0.15, 0.2) is 11.0 Å². The number of hydrogen-bond acceptors (Lipinski definition) is 4. The van der Waals surface area contributed by atoms with Gasteiger partial charge in [0.1, 0.15) is 5.00 Å². The Kier molecular flexibility index (Phi) is 2.11. The van der Waals surface area contributed by atoms with Gasteiger partial charge in [-0.3, -0.25) is 4.79 Å². The van der Waals surface area contributed by atoms with Gasteiger partial charge in [-0.05, 0) is 13.0 Å². The molecule has 0 saturated carbocycles. The van der Waals surface area contributed by atoms with Crippen LogP contribution >= 0.6 is 23.1 Å². The predicted molar refractivity (Wildman–Crippen MR) is 53.5 cm³/mol. The SMILES string of the molecule is CC(=O)c1cc2c(s1)NCCS2. The Morgan fingerprint density at radius 1 is 1.67 bits per heavy atom. The molecule has 4 heteroatoms. The van der Waals surface area contributed by atoms with Crippen LogP contribution in [-0.4, -0.2) is 18.1 Å². The minimum atomic E-state index is 0.164. The van der Waals surface area contributed by atoms with E-state index in [-0.39, 0.29) is 5.78 Å². The van der Waals surface area contributed by atoms with Crippen molar-refractivity contribution in [3.63, 3.8) is 0 Å². The third-order valence-corrected chi connectivity index (χ3v) is 4.05. The molecule has 1 aliphatic rings. The van der Waals surface area contributed by atoms with Gasteiger partial charge in [-0.15, -0.1) is 23.1 Å². The number of carbonyl (C=O) groups is 1. The van der Waals surface area contributed by atoms with E-state index in [0.717, 1.165) is 22.2 Å². The zero-order chi connectivity index (χ0) is 8.55. The zero-order valence-electron chi connectivity index (χ0n) is 6.72. The summed E-state index contributed by atoms with van der Waals surface area (Å²) >= 11 is 3.38. The van der Waals surface area contributed by atoms with Gasteiger partial charge in [-0.1, -0.05) is 0 Å². The molecule has 64 valence electrons. The highest BCUT2D eigenvalue weighted by Crippen LogP contribution is 2.38. The van der Waals surface area contributed by atoms with E-state index in [1.165, 1.54) is 4.90 Å². The molecule has 0 bridgehead atoms. The average molecular weight is 199 g/mol. The summed E-state index contributed by atoms with van der Waals surface area (Å²) in [5.41, 5.74) is 0. The quantitative estimate of drug-likeness (QED) is 0.704. The van der Waals surface area contributed by atoms with E-state index < -0.39 is 0 Å². The Balaban J connectivity index is 2.38. The van der Waals surface area contributed by atoms with Gasteiger partial charge in [0.2, 0.25) is 0 Å². The summed E-state index contributed by atoms with van der Waals surface area (Å²) in [6, 6.07) is 1.99. The zero-order valence-corrected chi connectivity index (χ0v) is 8.35. The lowest BCUT2D eigenvalue weighted by Gasteiger charge is -2.11. The number of thiophene rings is 1. The highest BCUT2D eigenvalue weighted by Gasteiger charge is 2.14. The molecule has 0 atom stereocenters. The molecule has 0 aliphatic carbocycles. The Hall–Kier alpha value is -0.480. The van der Waals surface area contributed by atoms with Crippen molar-refractivity contribution in [1.29, 1.82) is 0 Å². The van der Waals surface area contributed by atoms with Crippen molar-refractivity contribution in [3.8, 4) is 0 Å². The van der Waals surface area contributed by atoms with Crippen LogP contribution in [0.5, 0.6) is 0 Å². The van der Waals surface area contributed by atoms with Crippen LogP contribution < -0.4 is 5.32 Å². The fourth-order valence-electron chi connectivity index (χ4n) is 1.10. The number of ketones is 1. The first-order valence-electron chi connectivity index (χ1n) is 3.79. The van der Waals surface area contributed by atoms with Gasteiger partial charge in [0.05, 0.1) is 4.88 Å². The Labute approximate surface area is 79.4 Å². The summed E-state index contributed by atoms with van der Waals surface area (Å²) in [6.45, 7) is 2.62. The van der Waals surface area contributed by atoms with Crippen LogP contribution in [0.3, 0.4) is 0 Å². The van der Waals surface area contributed by atoms with Gasteiger partial charge in [-0.2, -0.15) is 0 Å². The number of rotatable bonds is 1. The van der Waals surface area contributed by atoms with Gasteiger partial charge in [0, 0.05) is 17.2 Å². The lowest BCUT2D eigenvalue weighted by atomic mass is 10.3. The van der Waals surface area contributed by atoms with E-state index in [4.69, 9.17) is 0 Å². The molecule has 0 spiro atoms. The van der Waals surface area contributed by atoms with Gasteiger partial charge in [0.15, 0.2) is 5.78 Å². The predicted octanol–water partition coefficient (Wildman–Crippen LogP) is 2.47. The van der Waals surface area contributed by atoms with Gasteiger partial charge in [0.25, 0.3) is 0 Å². The number of carbonyl (C=O) groups excluding carboxylic acids is 1. The van der Waals surface area contributed by atoms with Crippen LogP contribution in [0.4, 0.5) is 5.00 Å². The number of Topliss-reactive ketones (excluding diaryl/α,β-unsaturated/α-hetero) is 1. The third-order valence-electron chi connectivity index (χ3n) is 1.69. The van der Waals surface area contributed by atoms with Gasteiger partial charge < -0.3 is 5.32 Å². The topological polar surface area (TPSA) is 29.1 Å². The van der Waals surface area contributed by atoms with Crippen molar-refractivity contribution in [3.05, 3.63) is 10.9 Å². The average Bonchev–Trinajstić information content (AvgIpc) is 2.46. The van der Waals surface area contributed by atoms with Crippen molar-refractivity contribution < 1.29 is 4.79 Å². The summed E-state index contributed by atoms with van der Waals surface area (Å²) in [5.74, 6) is 1.26. The summed E-state index contributed by atoms with van der Waals surface area (Å²) in [7, 11) is 0. The molecule has 2 rings (SSSR count). The second-order valence-corrected chi connectivity index (χ2v) is 4.82. The summed E-state index contributed by atoms with van der Waals surface area (Å²) < 4.78 is 0. The van der Waals surface area contributed by atoms with Crippen LogP contribution in [0.1, 0.15) is 16.6 Å². The Morgan fingerprint density at radius 2 is 2.50 bits per heavy atom. The smallest absolute Gasteiger partial charge is 0.169 e. The van der Waals surface area contributed by atoms with Crippen molar-refractivity contribution >= 4 is 33.9 Å². The van der Waals surface area contributed by atoms with E-state index in [2.05, 4.69) is 5.32 Å². The molecule has 2 heterocycles. The molecule has 0 amide bonds. The number of fused-ring (bicyclic) bond motifs is 1. The molecule has 1 aromatic heterocycles. The van der Waals surface area contributed by atoms with Crippen LogP contribution in [0.2, 0.25) is 0 Å². The molecular formula is C8H9NOS2. The molecule has 0 radical (unpaired) electrons. The number of nitrogens with one attached hydrogen (secondary N) is 1. The molecule has 12 heavy (non-hydrogen) atoms. The maximum absolute atomic E-state index is 11.0. The number of thioether (sulfide) groups is 1. The monoisotopic (exact) mass is 199 g/mol. The van der Waals surface area contributed by atoms with Crippen molar-refractivity contribution in [1.82, 2.24) is 0 Å². The van der Waals surface area contributed by atoms with E-state index in [9.17, 15) is 4.79 Å². The first-order chi connectivity index (χ1) is 5.77. The van der Waals surface area contributed by atoms with Gasteiger partial charge >= 0.3 is 0 Å². The normalized spacial score (nSPS) is 15.1. The standard InChI is InChI=1S/C8H9NOS2/c1-5(10)6-4-7-8(12-6)9-2-3-11-7/h4,9H,2-3H2,1H3. The first-order valence-corrected chi connectivity index (χ1v) is 5.59. The van der Waals surface area contributed by atoms with E-state index in [0.29, 0.717) is 0 Å². The molecule has 0 saturated heterocycles. The van der Waals surface area contributed by atoms with E-state index in [1.807, 2.05) is 17.8 Å². The lowest BCUT2D eigenvalue weighted by Crippen LogP contribution is -2.07. The van der Waals surface area contributed by atoms with E-state index >= 15 is 0 Å². The highest BCUT2D eigenvalue weighted by atomic mass is 32.2. The minimum absolute atomic E-state index is 0.164. The minimum Gasteiger partial charge on any atom is -0.375 e. The third kappa shape index (κ3) is 1.36. The van der Waals surface area contributed by atoms with Crippen molar-refractivity contribution in [2.45, 2.75) is 11.8 Å². The second-order valence-electron chi connectivity index (χ2n) is 2.64. The summed E-state index contributed by atoms with van der Waals surface area (Å²) in [6.07, 6.45) is 0. The van der Waals surface area contributed by atoms with Gasteiger partial charge in [-0.25, -0.2) is 0 Å². The molecule has 1 aromatic rings. The molecule has 1 N–H and O–H groups in total. The summed E-state index contributed by atoms with van der Waals surface area (Å²) in [4.78, 5) is 13.1. The highest BCUT2D eigenvalue weighted by molar-refractivity contribution is 7.99. The number of hydrogen-bond donors (Lipinski definition) is 1. The van der Waals surface area contributed by atoms with Crippen LogP contribution in [0.25, 0.3) is 0 Å². The maximum Gasteiger partial charge on any atom is 0.169 e. The molecule has 2 nitrogen and oxygen atoms in total. The lowest BCUT2D eigenvalue weighted by molar-refractivity contribution is 0.102. The second kappa shape index (κ2) is 3.11. The van der Waals surface area contributed by atoms with Crippen molar-refractivity contribution in [2.75, 3.05) is 17.6 Å². The molecule has 0 fully saturated rings. The Bertz CT molecular complexity index is 295. The summed E-state index contributed by atoms with van der Waals surface area (Å²) in [5, 5.41) is 4.45. The first kappa shape index (κ1) is 8.13. The van der Waals surface area contributed by atoms with Crippen LogP contribution in [-0.2, 0) is 0 Å². The van der Waals surface area contributed by atoms with Crippen LogP contribution in [0, 0.1) is 0 Å². The van der Waals surface area contributed by atoms with Crippen molar-refractivity contribution in [2.24, 2.45) is 0 Å². The van der Waals surface area contributed by atoms with E-state index in [1.54, 1.807) is 18.3 Å². The molecule has 0 unspecified atom stereocenters. The molecule has 1 aliphatic heterocycles. The largest absolute Gasteiger partial charge is 0.375 e. The maximum atomic E-state index is 11.0. The number of anilines is 1. The molecular weight excluding hydrogens is 190 g/mol. The fraction of sp³-hybridized carbons (Fsp3) is 0.375. The Morgan fingerprint density at radius 3 is 3.17 bits per heavy atom. The fourth-order valence-corrected chi connectivity index (χ4v) is 3.18.